The van der Waals surface area contributed by atoms with Gasteiger partial charge >= 0.3 is 5.97 Å². The highest BCUT2D eigenvalue weighted by atomic mass is 127. The highest BCUT2D eigenvalue weighted by Crippen LogP contribution is 2.52. The van der Waals surface area contributed by atoms with Gasteiger partial charge in [0.05, 0.1) is 5.92 Å². The maximum atomic E-state index is 12.5. The lowest BCUT2D eigenvalue weighted by Gasteiger charge is -2.40. The maximum Gasteiger partial charge on any atom is 0.309 e. The molecular weight excluding hydrogens is 566 g/mol. The number of cyclic esters (lactones) is 1. The predicted octanol–water partition coefficient (Wildman–Crippen LogP) is 8.49. The van der Waals surface area contributed by atoms with Crippen molar-refractivity contribution in [3.05, 3.63) is 97.6 Å². The summed E-state index contributed by atoms with van der Waals surface area (Å²) in [6.07, 6.45) is 7.75. The predicted molar refractivity (Wildman–Crippen MR) is 146 cm³/mol. The van der Waals surface area contributed by atoms with Gasteiger partial charge in [-0.3, -0.25) is 4.79 Å². The second kappa shape index (κ2) is 10.4. The smallest absolute Gasteiger partial charge is 0.309 e. The number of halogens is 3. The van der Waals surface area contributed by atoms with Crippen molar-refractivity contribution < 1.29 is 9.53 Å². The molecule has 0 aromatic heterocycles. The SMILES string of the molecule is C=C/C(=C\C=C(/C)C1C(c2ccc(I)cc2)CCC2C(=O)OC(C)C21)c1cc(Cl)ccc1Cl. The van der Waals surface area contributed by atoms with Gasteiger partial charge in [-0.15, -0.1) is 0 Å². The average molecular weight is 593 g/mol. The lowest BCUT2D eigenvalue weighted by atomic mass is 9.61. The Balaban J connectivity index is 1.74. The lowest BCUT2D eigenvalue weighted by Crippen LogP contribution is -2.37. The largest absolute Gasteiger partial charge is 0.462 e. The van der Waals surface area contributed by atoms with Crippen LogP contribution in [0.1, 0.15) is 43.7 Å². The van der Waals surface area contributed by atoms with Crippen molar-refractivity contribution in [3.63, 3.8) is 0 Å². The molecule has 2 aliphatic rings. The summed E-state index contributed by atoms with van der Waals surface area (Å²) in [5.74, 6) is 0.648. The standard InChI is InChI=1S/C28H27Cl2IO2/c1-4-18(24-15-20(29)9-14-25(24)30)6-5-16(2)26-22(19-7-10-21(31)11-8-19)12-13-23-27(26)17(3)33-28(23)32/h4-11,14-15,17,22-23,26-27H,1,12-13H2,2-3H3/b16-5+,18-6+. The van der Waals surface area contributed by atoms with E-state index in [2.05, 4.69) is 72.5 Å². The van der Waals surface area contributed by atoms with Crippen molar-refractivity contribution in [2.24, 2.45) is 17.8 Å². The zero-order chi connectivity index (χ0) is 23.7. The molecule has 0 spiro atoms. The minimum Gasteiger partial charge on any atom is -0.462 e. The number of rotatable bonds is 5. The summed E-state index contributed by atoms with van der Waals surface area (Å²) in [5.41, 5.74) is 4.32. The van der Waals surface area contributed by atoms with E-state index >= 15 is 0 Å². The molecule has 1 saturated carbocycles. The summed E-state index contributed by atoms with van der Waals surface area (Å²) in [6, 6.07) is 14.2. The molecule has 1 aliphatic heterocycles. The van der Waals surface area contributed by atoms with Crippen LogP contribution < -0.4 is 0 Å². The third-order valence-electron chi connectivity index (χ3n) is 7.06. The van der Waals surface area contributed by atoms with E-state index in [4.69, 9.17) is 27.9 Å². The molecule has 2 nitrogen and oxygen atoms in total. The van der Waals surface area contributed by atoms with Gasteiger partial charge in [0.2, 0.25) is 0 Å². The highest BCUT2D eigenvalue weighted by molar-refractivity contribution is 14.1. The number of hydrogen-bond acceptors (Lipinski definition) is 2. The molecule has 5 atom stereocenters. The van der Waals surface area contributed by atoms with Gasteiger partial charge in [0, 0.05) is 25.1 Å². The zero-order valence-electron chi connectivity index (χ0n) is 18.7. The quantitative estimate of drug-likeness (QED) is 0.198. The molecule has 2 fully saturated rings. The van der Waals surface area contributed by atoms with Crippen LogP contribution in [0, 0.1) is 21.3 Å². The molecular formula is C28H27Cl2IO2. The zero-order valence-corrected chi connectivity index (χ0v) is 22.4. The summed E-state index contributed by atoms with van der Waals surface area (Å²) in [7, 11) is 0. The van der Waals surface area contributed by atoms with Crippen molar-refractivity contribution in [2.45, 2.75) is 38.7 Å². The fourth-order valence-electron chi connectivity index (χ4n) is 5.52. The van der Waals surface area contributed by atoms with E-state index in [0.717, 1.165) is 24.0 Å². The van der Waals surface area contributed by atoms with E-state index in [0.29, 0.717) is 16.0 Å². The van der Waals surface area contributed by atoms with Crippen LogP contribution in [0.3, 0.4) is 0 Å². The Hall–Kier alpha value is -1.56. The van der Waals surface area contributed by atoms with E-state index in [9.17, 15) is 4.79 Å². The first-order valence-corrected chi connectivity index (χ1v) is 13.1. The molecule has 0 bridgehead atoms. The van der Waals surface area contributed by atoms with Crippen molar-refractivity contribution in [3.8, 4) is 0 Å². The van der Waals surface area contributed by atoms with Gasteiger partial charge in [-0.1, -0.05) is 65.7 Å². The summed E-state index contributed by atoms with van der Waals surface area (Å²) in [5, 5.41) is 1.27. The monoisotopic (exact) mass is 592 g/mol. The van der Waals surface area contributed by atoms with Crippen LogP contribution in [0.2, 0.25) is 10.0 Å². The Morgan fingerprint density at radius 2 is 1.79 bits per heavy atom. The molecule has 1 heterocycles. The molecule has 5 unspecified atom stereocenters. The van der Waals surface area contributed by atoms with Crippen LogP contribution in [0.5, 0.6) is 0 Å². The Morgan fingerprint density at radius 3 is 2.48 bits per heavy atom. The molecule has 1 aliphatic carbocycles. The molecule has 5 heteroatoms. The minimum absolute atomic E-state index is 0.0290. The van der Waals surface area contributed by atoms with Crippen molar-refractivity contribution >= 4 is 57.3 Å². The first kappa shape index (κ1) is 24.6. The summed E-state index contributed by atoms with van der Waals surface area (Å²) in [6.45, 7) is 8.18. The van der Waals surface area contributed by atoms with Crippen LogP contribution in [-0.4, -0.2) is 12.1 Å². The molecule has 2 aromatic rings. The minimum atomic E-state index is -0.0901. The summed E-state index contributed by atoms with van der Waals surface area (Å²) >= 11 is 15.0. The number of carbonyl (C=O) groups excluding carboxylic acids is 1. The number of benzene rings is 2. The number of fused-ring (bicyclic) bond motifs is 1. The second-order valence-corrected chi connectivity index (χ2v) is 11.0. The van der Waals surface area contributed by atoms with Crippen molar-refractivity contribution in [1.29, 1.82) is 0 Å². The van der Waals surface area contributed by atoms with Crippen LogP contribution in [-0.2, 0) is 9.53 Å². The van der Waals surface area contributed by atoms with Gasteiger partial charge in [0.1, 0.15) is 6.10 Å². The Bertz CT molecular complexity index is 1120. The first-order chi connectivity index (χ1) is 15.8. The van der Waals surface area contributed by atoms with Crippen molar-refractivity contribution in [2.75, 3.05) is 0 Å². The van der Waals surface area contributed by atoms with Gasteiger partial charge in [0.25, 0.3) is 0 Å². The molecule has 2 aromatic carbocycles. The highest BCUT2D eigenvalue weighted by Gasteiger charge is 2.51. The van der Waals surface area contributed by atoms with Gasteiger partial charge in [-0.25, -0.2) is 0 Å². The third-order valence-corrected chi connectivity index (χ3v) is 8.34. The fourth-order valence-corrected chi connectivity index (χ4v) is 6.27. The van der Waals surface area contributed by atoms with Gasteiger partial charge in [-0.05, 0) is 103 Å². The van der Waals surface area contributed by atoms with Crippen LogP contribution >= 0.6 is 45.8 Å². The molecule has 33 heavy (non-hydrogen) atoms. The number of hydrogen-bond donors (Lipinski definition) is 0. The number of allylic oxidation sites excluding steroid dienone is 5. The van der Waals surface area contributed by atoms with E-state index in [1.165, 1.54) is 14.7 Å². The third kappa shape index (κ3) is 5.11. The first-order valence-electron chi connectivity index (χ1n) is 11.2. The summed E-state index contributed by atoms with van der Waals surface area (Å²) < 4.78 is 6.93. The number of esters is 1. The number of carbonyl (C=O) groups is 1. The van der Waals surface area contributed by atoms with E-state index in [1.807, 2.05) is 13.0 Å². The Morgan fingerprint density at radius 1 is 1.09 bits per heavy atom. The molecule has 0 N–H and O–H groups in total. The maximum absolute atomic E-state index is 12.5. The molecule has 1 saturated heterocycles. The topological polar surface area (TPSA) is 26.3 Å². The lowest BCUT2D eigenvalue weighted by molar-refractivity contribution is -0.143. The molecule has 172 valence electrons. The average Bonchev–Trinajstić information content (AvgIpc) is 3.09. The van der Waals surface area contributed by atoms with Crippen LogP contribution in [0.4, 0.5) is 0 Å². The van der Waals surface area contributed by atoms with E-state index < -0.39 is 0 Å². The Kier molecular flexibility index (Phi) is 7.72. The van der Waals surface area contributed by atoms with Crippen LogP contribution in [0.25, 0.3) is 5.57 Å². The van der Waals surface area contributed by atoms with Gasteiger partial charge in [0.15, 0.2) is 0 Å². The van der Waals surface area contributed by atoms with Crippen molar-refractivity contribution in [1.82, 2.24) is 0 Å². The second-order valence-electron chi connectivity index (χ2n) is 8.95. The number of ether oxygens (including phenoxy) is 1. The van der Waals surface area contributed by atoms with Gasteiger partial charge < -0.3 is 4.74 Å². The van der Waals surface area contributed by atoms with Gasteiger partial charge in [-0.2, -0.15) is 0 Å². The fraction of sp³-hybridized carbons (Fsp3) is 0.321. The molecule has 0 radical (unpaired) electrons. The summed E-state index contributed by atoms with van der Waals surface area (Å²) in [4.78, 5) is 12.5. The van der Waals surface area contributed by atoms with Crippen LogP contribution in [0.15, 0.2) is 72.8 Å². The normalized spacial score (nSPS) is 27.8. The van der Waals surface area contributed by atoms with E-state index in [-0.39, 0.29) is 29.8 Å². The Labute approximate surface area is 219 Å². The van der Waals surface area contributed by atoms with E-state index in [1.54, 1.807) is 18.2 Å². The molecule has 4 rings (SSSR count). The molecule has 0 amide bonds.